The Bertz CT molecular complexity index is 713. The molecule has 1 aromatic heterocycles. The Kier molecular flexibility index (Phi) is 6.21. The molecule has 138 valence electrons. The molecule has 0 N–H and O–H groups in total. The van der Waals surface area contributed by atoms with Crippen LogP contribution in [0.1, 0.15) is 42.8 Å². The molecule has 1 atom stereocenters. The van der Waals surface area contributed by atoms with E-state index in [1.807, 2.05) is 43.0 Å². The molecule has 0 saturated carbocycles. The van der Waals surface area contributed by atoms with E-state index in [4.69, 9.17) is 4.74 Å². The smallest absolute Gasteiger partial charge is 0.222 e. The Morgan fingerprint density at radius 1 is 1.23 bits per heavy atom. The van der Waals surface area contributed by atoms with Crippen molar-refractivity contribution in [3.8, 4) is 5.88 Å². The number of aromatic nitrogens is 2. The molecular formula is C21H27N3O2. The fourth-order valence-corrected chi connectivity index (χ4v) is 3.42. The Hall–Kier alpha value is -2.43. The molecule has 2 aromatic rings. The number of piperidine rings is 1. The van der Waals surface area contributed by atoms with Crippen LogP contribution in [0.3, 0.4) is 0 Å². The summed E-state index contributed by atoms with van der Waals surface area (Å²) in [6.07, 6.45) is 4.35. The minimum Gasteiger partial charge on any atom is -0.472 e. The number of benzene rings is 1. The summed E-state index contributed by atoms with van der Waals surface area (Å²) < 4.78 is 6.03. The lowest BCUT2D eigenvalue weighted by atomic mass is 10.1. The average Bonchev–Trinajstić information content (AvgIpc) is 2.62. The van der Waals surface area contributed by atoms with E-state index in [0.717, 1.165) is 37.9 Å². The minimum atomic E-state index is 0.00974. The predicted octanol–water partition coefficient (Wildman–Crippen LogP) is 3.49. The fourth-order valence-electron chi connectivity index (χ4n) is 3.42. The molecule has 1 saturated heterocycles. The third-order valence-corrected chi connectivity index (χ3v) is 4.66. The van der Waals surface area contributed by atoms with Gasteiger partial charge in [0.15, 0.2) is 0 Å². The maximum Gasteiger partial charge on any atom is 0.222 e. The van der Waals surface area contributed by atoms with Gasteiger partial charge >= 0.3 is 0 Å². The topological polar surface area (TPSA) is 55.3 Å². The molecule has 0 bridgehead atoms. The van der Waals surface area contributed by atoms with Gasteiger partial charge in [-0.05, 0) is 45.1 Å². The number of carbonyl (C=O) groups excluding carboxylic acids is 1. The molecule has 2 heterocycles. The second kappa shape index (κ2) is 8.79. The van der Waals surface area contributed by atoms with E-state index in [0.29, 0.717) is 24.7 Å². The van der Waals surface area contributed by atoms with Crippen molar-refractivity contribution in [2.24, 2.45) is 0 Å². The van der Waals surface area contributed by atoms with E-state index in [9.17, 15) is 4.79 Å². The third-order valence-electron chi connectivity index (χ3n) is 4.66. The average molecular weight is 353 g/mol. The summed E-state index contributed by atoms with van der Waals surface area (Å²) >= 11 is 0. The van der Waals surface area contributed by atoms with Crippen LogP contribution in [0.2, 0.25) is 0 Å². The van der Waals surface area contributed by atoms with Gasteiger partial charge in [-0.1, -0.05) is 30.3 Å². The fraction of sp³-hybridized carbons (Fsp3) is 0.476. The molecule has 0 aliphatic carbocycles. The van der Waals surface area contributed by atoms with E-state index in [-0.39, 0.29) is 12.0 Å². The highest BCUT2D eigenvalue weighted by atomic mass is 16.5. The Balaban J connectivity index is 1.48. The number of carbonyl (C=O) groups is 1. The van der Waals surface area contributed by atoms with E-state index < -0.39 is 0 Å². The highest BCUT2D eigenvalue weighted by Crippen LogP contribution is 2.18. The van der Waals surface area contributed by atoms with E-state index in [2.05, 4.69) is 22.1 Å². The molecule has 5 nitrogen and oxygen atoms in total. The van der Waals surface area contributed by atoms with Gasteiger partial charge in [-0.25, -0.2) is 4.98 Å². The lowest BCUT2D eigenvalue weighted by Gasteiger charge is -2.32. The summed E-state index contributed by atoms with van der Waals surface area (Å²) in [6.45, 7) is 5.27. The van der Waals surface area contributed by atoms with Crippen LogP contribution in [0.25, 0.3) is 0 Å². The molecule has 3 rings (SSSR count). The van der Waals surface area contributed by atoms with Crippen LogP contribution >= 0.6 is 0 Å². The number of hydrogen-bond acceptors (Lipinski definition) is 4. The van der Waals surface area contributed by atoms with Crippen LogP contribution in [0.5, 0.6) is 5.88 Å². The molecule has 0 radical (unpaired) electrons. The van der Waals surface area contributed by atoms with Crippen molar-refractivity contribution in [1.29, 1.82) is 0 Å². The molecule has 1 fully saturated rings. The van der Waals surface area contributed by atoms with Gasteiger partial charge < -0.3 is 9.64 Å². The van der Waals surface area contributed by atoms with Crippen LogP contribution in [-0.4, -0.2) is 40.0 Å². The first-order valence-electron chi connectivity index (χ1n) is 9.41. The Morgan fingerprint density at radius 2 is 2.04 bits per heavy atom. The van der Waals surface area contributed by atoms with Crippen LogP contribution in [-0.2, 0) is 11.2 Å². The quantitative estimate of drug-likeness (QED) is 0.798. The van der Waals surface area contributed by atoms with E-state index in [1.54, 1.807) is 0 Å². The summed E-state index contributed by atoms with van der Waals surface area (Å²) in [5, 5.41) is 0. The van der Waals surface area contributed by atoms with Gasteiger partial charge in [0.2, 0.25) is 11.8 Å². The first-order valence-corrected chi connectivity index (χ1v) is 9.41. The van der Waals surface area contributed by atoms with Gasteiger partial charge in [-0.3, -0.25) is 4.79 Å². The lowest BCUT2D eigenvalue weighted by Crippen LogP contribution is -2.44. The minimum absolute atomic E-state index is 0.00974. The highest BCUT2D eigenvalue weighted by Gasteiger charge is 2.25. The van der Waals surface area contributed by atoms with Crippen LogP contribution in [0, 0.1) is 13.8 Å². The summed E-state index contributed by atoms with van der Waals surface area (Å²) in [7, 11) is 0. The number of amides is 1. The molecule has 1 aromatic carbocycles. The van der Waals surface area contributed by atoms with E-state index >= 15 is 0 Å². The molecule has 0 spiro atoms. The summed E-state index contributed by atoms with van der Waals surface area (Å²) in [5.41, 5.74) is 2.19. The second-order valence-electron chi connectivity index (χ2n) is 6.96. The highest BCUT2D eigenvalue weighted by molar-refractivity contribution is 5.76. The first-order chi connectivity index (χ1) is 12.6. The van der Waals surface area contributed by atoms with Gasteiger partial charge in [0.05, 0.1) is 6.54 Å². The zero-order valence-electron chi connectivity index (χ0n) is 15.6. The van der Waals surface area contributed by atoms with Gasteiger partial charge in [-0.15, -0.1) is 0 Å². The molecule has 1 amide bonds. The molecule has 5 heteroatoms. The zero-order chi connectivity index (χ0) is 18.4. The molecule has 1 aliphatic heterocycles. The van der Waals surface area contributed by atoms with Gasteiger partial charge in [-0.2, -0.15) is 4.98 Å². The van der Waals surface area contributed by atoms with Crippen molar-refractivity contribution in [3.63, 3.8) is 0 Å². The Morgan fingerprint density at radius 3 is 2.81 bits per heavy atom. The summed E-state index contributed by atoms with van der Waals surface area (Å²) in [4.78, 5) is 23.1. The van der Waals surface area contributed by atoms with Gasteiger partial charge in [0.1, 0.15) is 11.9 Å². The maximum atomic E-state index is 12.5. The zero-order valence-corrected chi connectivity index (χ0v) is 15.6. The van der Waals surface area contributed by atoms with Crippen LogP contribution in [0.15, 0.2) is 36.4 Å². The molecule has 1 unspecified atom stereocenters. The largest absolute Gasteiger partial charge is 0.472 e. The molecule has 1 aliphatic rings. The van der Waals surface area contributed by atoms with Crippen LogP contribution in [0.4, 0.5) is 0 Å². The van der Waals surface area contributed by atoms with Crippen molar-refractivity contribution in [1.82, 2.24) is 14.9 Å². The van der Waals surface area contributed by atoms with Crippen molar-refractivity contribution in [2.45, 2.75) is 52.1 Å². The predicted molar refractivity (Wildman–Crippen MR) is 101 cm³/mol. The third kappa shape index (κ3) is 5.28. The van der Waals surface area contributed by atoms with Crippen molar-refractivity contribution >= 4 is 5.91 Å². The number of ether oxygens (including phenoxy) is 1. The normalized spacial score (nSPS) is 17.2. The first kappa shape index (κ1) is 18.4. The number of rotatable bonds is 6. The van der Waals surface area contributed by atoms with Crippen molar-refractivity contribution in [3.05, 3.63) is 53.5 Å². The Labute approximate surface area is 155 Å². The summed E-state index contributed by atoms with van der Waals surface area (Å²) in [5.74, 6) is 1.55. The lowest BCUT2D eigenvalue weighted by molar-refractivity contribution is -0.133. The molecule has 26 heavy (non-hydrogen) atoms. The number of aryl methyl sites for hydroxylation is 3. The molecular weight excluding hydrogens is 326 g/mol. The standard InChI is InChI=1S/C21H27N3O2/c1-16-14-20(23-17(2)22-16)26-19-11-7-13-24(15-19)21(25)12-6-10-18-8-4-3-5-9-18/h3-5,8-9,14,19H,6-7,10-13,15H2,1-2H3. The monoisotopic (exact) mass is 353 g/mol. The maximum absolute atomic E-state index is 12.5. The van der Waals surface area contributed by atoms with Crippen molar-refractivity contribution in [2.75, 3.05) is 13.1 Å². The summed E-state index contributed by atoms with van der Waals surface area (Å²) in [6, 6.07) is 12.2. The van der Waals surface area contributed by atoms with Gasteiger partial charge in [0, 0.05) is 24.7 Å². The van der Waals surface area contributed by atoms with E-state index in [1.165, 1.54) is 5.56 Å². The second-order valence-corrected chi connectivity index (χ2v) is 6.96. The number of likely N-dealkylation sites (tertiary alicyclic amines) is 1. The van der Waals surface area contributed by atoms with Crippen molar-refractivity contribution < 1.29 is 9.53 Å². The number of hydrogen-bond donors (Lipinski definition) is 0. The van der Waals surface area contributed by atoms with Crippen LogP contribution < -0.4 is 4.74 Å². The number of nitrogens with zero attached hydrogens (tertiary/aromatic N) is 3. The van der Waals surface area contributed by atoms with Gasteiger partial charge in [0.25, 0.3) is 0 Å². The SMILES string of the molecule is Cc1cc(OC2CCCN(C(=O)CCCc3ccccc3)C2)nc(C)n1.